The van der Waals surface area contributed by atoms with Gasteiger partial charge in [-0.2, -0.15) is 5.10 Å². The molecule has 2 aromatic rings. The first-order valence-electron chi connectivity index (χ1n) is 4.84. The van der Waals surface area contributed by atoms with Crippen LogP contribution in [-0.4, -0.2) is 31.2 Å². The van der Waals surface area contributed by atoms with Gasteiger partial charge in [0, 0.05) is 20.0 Å². The summed E-state index contributed by atoms with van der Waals surface area (Å²) in [4.78, 5) is 17.9. The molecule has 90 valence electrons. The molecule has 2 heterocycles. The van der Waals surface area contributed by atoms with E-state index in [2.05, 4.69) is 20.4 Å². The molecule has 0 spiro atoms. The fourth-order valence-corrected chi connectivity index (χ4v) is 1.87. The summed E-state index contributed by atoms with van der Waals surface area (Å²) in [5, 5.41) is 18.1. The lowest BCUT2D eigenvalue weighted by Gasteiger charge is -1.98. The number of nitrogens with one attached hydrogen (secondary N) is 1. The molecule has 2 aromatic heterocycles. The summed E-state index contributed by atoms with van der Waals surface area (Å²) in [6.07, 6.45) is 3.52. The maximum Gasteiger partial charge on any atom is 0.345 e. The Kier molecular flexibility index (Phi) is 3.28. The summed E-state index contributed by atoms with van der Waals surface area (Å²) in [7, 11) is 1.80. The monoisotopic (exact) mass is 254 g/mol. The van der Waals surface area contributed by atoms with E-state index in [1.807, 2.05) is 0 Å². The van der Waals surface area contributed by atoms with Crippen LogP contribution in [0.4, 0.5) is 10.1 Å². The summed E-state index contributed by atoms with van der Waals surface area (Å²) in [6, 6.07) is 0. The van der Waals surface area contributed by atoms with Gasteiger partial charge in [0.05, 0.1) is 4.92 Å². The second-order valence-corrected chi connectivity index (χ2v) is 4.28. The van der Waals surface area contributed by atoms with E-state index in [0.29, 0.717) is 18.1 Å². The molecule has 0 unspecified atom stereocenters. The molecule has 0 aliphatic heterocycles. The molecule has 8 nitrogen and oxygen atoms in total. The third kappa shape index (κ3) is 2.97. The summed E-state index contributed by atoms with van der Waals surface area (Å²) < 4.78 is 1.63. The van der Waals surface area contributed by atoms with Crippen molar-refractivity contribution in [2.45, 2.75) is 6.42 Å². The molecule has 0 atom stereocenters. The summed E-state index contributed by atoms with van der Waals surface area (Å²) in [5.41, 5.74) is 0. The Morgan fingerprint density at radius 1 is 1.59 bits per heavy atom. The number of aryl methyl sites for hydroxylation is 1. The quantitative estimate of drug-likeness (QED) is 0.627. The standard InChI is InChI=1S/C8H10N6O2S/c1-13-5-11-6(12-13)2-3-9-8-10-4-7(17-8)14(15)16/h4-5H,2-3H2,1H3,(H,9,10). The van der Waals surface area contributed by atoms with Crippen LogP contribution in [0.5, 0.6) is 0 Å². The smallest absolute Gasteiger partial charge is 0.345 e. The molecule has 0 aromatic carbocycles. The highest BCUT2D eigenvalue weighted by atomic mass is 32.1. The molecule has 0 bridgehead atoms. The lowest BCUT2D eigenvalue weighted by molar-refractivity contribution is -0.380. The van der Waals surface area contributed by atoms with E-state index in [1.165, 1.54) is 6.20 Å². The van der Waals surface area contributed by atoms with Crippen molar-refractivity contribution < 1.29 is 4.92 Å². The Labute approximate surface area is 100 Å². The minimum atomic E-state index is -0.455. The molecule has 0 aliphatic rings. The zero-order valence-electron chi connectivity index (χ0n) is 9.03. The van der Waals surface area contributed by atoms with Gasteiger partial charge >= 0.3 is 5.00 Å². The van der Waals surface area contributed by atoms with Crippen LogP contribution >= 0.6 is 11.3 Å². The summed E-state index contributed by atoms with van der Waals surface area (Å²) in [5.74, 6) is 0.728. The predicted molar refractivity (Wildman–Crippen MR) is 62.0 cm³/mol. The molecule has 17 heavy (non-hydrogen) atoms. The number of thiazole rings is 1. The number of hydrogen-bond donors (Lipinski definition) is 1. The molecule has 1 N–H and O–H groups in total. The molecule has 0 fully saturated rings. The molecular formula is C8H10N6O2S. The number of nitrogens with zero attached hydrogens (tertiary/aromatic N) is 5. The molecule has 2 rings (SSSR count). The minimum Gasteiger partial charge on any atom is -0.361 e. The van der Waals surface area contributed by atoms with Gasteiger partial charge in [-0.3, -0.25) is 14.8 Å². The van der Waals surface area contributed by atoms with E-state index in [4.69, 9.17) is 0 Å². The van der Waals surface area contributed by atoms with Crippen molar-refractivity contribution in [3.05, 3.63) is 28.5 Å². The largest absolute Gasteiger partial charge is 0.361 e. The zero-order valence-corrected chi connectivity index (χ0v) is 9.85. The molecule has 0 radical (unpaired) electrons. The number of anilines is 1. The van der Waals surface area contributed by atoms with Gasteiger partial charge < -0.3 is 5.32 Å². The van der Waals surface area contributed by atoms with E-state index in [0.717, 1.165) is 17.2 Å². The Balaban J connectivity index is 1.83. The molecule has 0 aliphatic carbocycles. The van der Waals surface area contributed by atoms with Crippen LogP contribution in [0.3, 0.4) is 0 Å². The van der Waals surface area contributed by atoms with Gasteiger partial charge in [0.2, 0.25) is 0 Å². The highest BCUT2D eigenvalue weighted by Crippen LogP contribution is 2.24. The summed E-state index contributed by atoms with van der Waals surface area (Å²) in [6.45, 7) is 0.592. The van der Waals surface area contributed by atoms with Crippen molar-refractivity contribution in [3.8, 4) is 0 Å². The molecule has 0 saturated heterocycles. The Morgan fingerprint density at radius 2 is 2.41 bits per heavy atom. The van der Waals surface area contributed by atoms with E-state index >= 15 is 0 Å². The number of hydrogen-bond acceptors (Lipinski definition) is 7. The first kappa shape index (κ1) is 11.5. The third-order valence-electron chi connectivity index (χ3n) is 1.95. The van der Waals surface area contributed by atoms with E-state index in [-0.39, 0.29) is 5.00 Å². The van der Waals surface area contributed by atoms with Crippen LogP contribution in [0.1, 0.15) is 5.82 Å². The highest BCUT2D eigenvalue weighted by molar-refractivity contribution is 7.18. The van der Waals surface area contributed by atoms with E-state index < -0.39 is 4.92 Å². The minimum absolute atomic E-state index is 0.0310. The topological polar surface area (TPSA) is 98.8 Å². The molecule has 0 amide bonds. The van der Waals surface area contributed by atoms with Crippen molar-refractivity contribution in [1.29, 1.82) is 0 Å². The average molecular weight is 254 g/mol. The lowest BCUT2D eigenvalue weighted by atomic mass is 10.4. The van der Waals surface area contributed by atoms with Gasteiger partial charge in [0.1, 0.15) is 12.5 Å². The normalized spacial score (nSPS) is 10.4. The van der Waals surface area contributed by atoms with Gasteiger partial charge in [0.15, 0.2) is 11.0 Å². The van der Waals surface area contributed by atoms with Crippen LogP contribution in [0, 0.1) is 10.1 Å². The van der Waals surface area contributed by atoms with E-state index in [1.54, 1.807) is 18.1 Å². The van der Waals surface area contributed by atoms with E-state index in [9.17, 15) is 10.1 Å². The molecule has 9 heteroatoms. The van der Waals surface area contributed by atoms with Crippen LogP contribution in [-0.2, 0) is 13.5 Å². The van der Waals surface area contributed by atoms with Gasteiger partial charge in [-0.05, 0) is 11.3 Å². The molecular weight excluding hydrogens is 244 g/mol. The SMILES string of the molecule is Cn1cnc(CCNc2ncc([N+](=O)[O-])s2)n1. The maximum atomic E-state index is 10.4. The van der Waals surface area contributed by atoms with Gasteiger partial charge in [-0.15, -0.1) is 0 Å². The fourth-order valence-electron chi connectivity index (χ4n) is 1.21. The van der Waals surface area contributed by atoms with Crippen molar-refractivity contribution in [2.75, 3.05) is 11.9 Å². The lowest BCUT2D eigenvalue weighted by Crippen LogP contribution is -2.06. The third-order valence-corrected chi connectivity index (χ3v) is 2.85. The van der Waals surface area contributed by atoms with Crippen LogP contribution < -0.4 is 5.32 Å². The van der Waals surface area contributed by atoms with Crippen LogP contribution in [0.2, 0.25) is 0 Å². The molecule has 0 saturated carbocycles. The maximum absolute atomic E-state index is 10.4. The Morgan fingerprint density at radius 3 is 3.00 bits per heavy atom. The number of aromatic nitrogens is 4. The number of nitro groups is 1. The van der Waals surface area contributed by atoms with Crippen molar-refractivity contribution in [2.24, 2.45) is 7.05 Å². The van der Waals surface area contributed by atoms with Crippen molar-refractivity contribution in [3.63, 3.8) is 0 Å². The second-order valence-electron chi connectivity index (χ2n) is 3.27. The average Bonchev–Trinajstić information content (AvgIpc) is 2.88. The first-order chi connectivity index (χ1) is 8.15. The van der Waals surface area contributed by atoms with Gasteiger partial charge in [-0.1, -0.05) is 0 Å². The van der Waals surface area contributed by atoms with Crippen LogP contribution in [0.25, 0.3) is 0 Å². The van der Waals surface area contributed by atoms with Gasteiger partial charge in [0.25, 0.3) is 0 Å². The summed E-state index contributed by atoms with van der Waals surface area (Å²) >= 11 is 1.01. The predicted octanol–water partition coefficient (Wildman–Crippen LogP) is 0.834. The first-order valence-corrected chi connectivity index (χ1v) is 5.65. The fraction of sp³-hybridized carbons (Fsp3) is 0.375. The number of rotatable bonds is 5. The highest BCUT2D eigenvalue weighted by Gasteiger charge is 2.10. The van der Waals surface area contributed by atoms with Crippen molar-refractivity contribution in [1.82, 2.24) is 19.7 Å². The van der Waals surface area contributed by atoms with Gasteiger partial charge in [-0.25, -0.2) is 9.97 Å². The van der Waals surface area contributed by atoms with Crippen molar-refractivity contribution >= 4 is 21.5 Å². The zero-order chi connectivity index (χ0) is 12.3. The second kappa shape index (κ2) is 4.87. The Hall–Kier alpha value is -2.03. The van der Waals surface area contributed by atoms with Crippen LogP contribution in [0.15, 0.2) is 12.5 Å². The Bertz CT molecular complexity index is 522.